The van der Waals surface area contributed by atoms with Crippen LogP contribution >= 0.6 is 0 Å². The van der Waals surface area contributed by atoms with Crippen LogP contribution in [0.2, 0.25) is 0 Å². The Hall–Kier alpha value is -1.14. The first-order chi connectivity index (χ1) is 7.90. The molecule has 0 rings (SSSR count). The molecule has 0 spiro atoms. The third-order valence-electron chi connectivity index (χ3n) is 2.58. The fourth-order valence-corrected chi connectivity index (χ4v) is 1.32. The molecule has 6 N–H and O–H groups in total. The lowest BCUT2D eigenvalue weighted by Gasteiger charge is -2.19. The van der Waals surface area contributed by atoms with E-state index in [0.717, 1.165) is 6.42 Å². The number of carbonyl (C=O) groups is 2. The maximum absolute atomic E-state index is 11.6. The van der Waals surface area contributed by atoms with Gasteiger partial charge in [-0.1, -0.05) is 13.8 Å². The highest BCUT2D eigenvalue weighted by atomic mass is 16.4. The maximum atomic E-state index is 11.6. The van der Waals surface area contributed by atoms with E-state index in [1.807, 2.05) is 13.8 Å². The van der Waals surface area contributed by atoms with Crippen molar-refractivity contribution in [3.05, 3.63) is 0 Å². The van der Waals surface area contributed by atoms with Crippen LogP contribution in [-0.2, 0) is 9.59 Å². The van der Waals surface area contributed by atoms with Crippen molar-refractivity contribution in [2.45, 2.75) is 45.2 Å². The number of carboxylic acid groups (broad SMARTS) is 1. The number of amides is 1. The van der Waals surface area contributed by atoms with Gasteiger partial charge in [0, 0.05) is 0 Å². The average Bonchev–Trinajstić information content (AvgIpc) is 2.26. The molecule has 0 aliphatic carbocycles. The van der Waals surface area contributed by atoms with Crippen molar-refractivity contribution in [1.82, 2.24) is 5.32 Å². The van der Waals surface area contributed by atoms with Gasteiger partial charge in [-0.2, -0.15) is 0 Å². The van der Waals surface area contributed by atoms with Crippen LogP contribution in [0.3, 0.4) is 0 Å². The normalized spacial score (nSPS) is 14.4. The zero-order valence-corrected chi connectivity index (χ0v) is 10.5. The molecule has 0 radical (unpaired) electrons. The number of nitrogens with two attached hydrogens (primary N) is 2. The van der Waals surface area contributed by atoms with Gasteiger partial charge in [0.2, 0.25) is 5.91 Å². The summed E-state index contributed by atoms with van der Waals surface area (Å²) in [5, 5.41) is 11.4. The molecule has 0 fully saturated rings. The lowest BCUT2D eigenvalue weighted by atomic mass is 10.0. The number of aliphatic carboxylic acids is 1. The van der Waals surface area contributed by atoms with Crippen LogP contribution in [0.15, 0.2) is 0 Å². The molecule has 0 aliphatic heterocycles. The van der Waals surface area contributed by atoms with Gasteiger partial charge in [-0.05, 0) is 31.7 Å². The monoisotopic (exact) mass is 245 g/mol. The van der Waals surface area contributed by atoms with Gasteiger partial charge in [0.15, 0.2) is 0 Å². The Morgan fingerprint density at radius 2 is 1.88 bits per heavy atom. The lowest BCUT2D eigenvalue weighted by molar-refractivity contribution is -0.142. The summed E-state index contributed by atoms with van der Waals surface area (Å²) in [7, 11) is 0. The number of hydrogen-bond acceptors (Lipinski definition) is 4. The van der Waals surface area contributed by atoms with Crippen LogP contribution in [0, 0.1) is 5.92 Å². The molecule has 0 bridgehead atoms. The van der Waals surface area contributed by atoms with E-state index >= 15 is 0 Å². The minimum atomic E-state index is -1.04. The molecule has 17 heavy (non-hydrogen) atoms. The second-order valence-corrected chi connectivity index (χ2v) is 4.45. The zero-order chi connectivity index (χ0) is 13.4. The molecular formula is C11H23N3O3. The summed E-state index contributed by atoms with van der Waals surface area (Å²) in [5.74, 6) is -1.47. The van der Waals surface area contributed by atoms with Gasteiger partial charge in [0.1, 0.15) is 6.04 Å². The quantitative estimate of drug-likeness (QED) is 0.437. The summed E-state index contributed by atoms with van der Waals surface area (Å²) in [5.41, 5.74) is 11.0. The molecule has 0 aromatic carbocycles. The van der Waals surface area contributed by atoms with E-state index in [9.17, 15) is 9.59 Å². The van der Waals surface area contributed by atoms with Crippen molar-refractivity contribution >= 4 is 11.9 Å². The highest BCUT2D eigenvalue weighted by Gasteiger charge is 2.24. The lowest BCUT2D eigenvalue weighted by Crippen LogP contribution is -2.50. The predicted molar refractivity (Wildman–Crippen MR) is 65.3 cm³/mol. The van der Waals surface area contributed by atoms with Crippen molar-refractivity contribution in [2.24, 2.45) is 17.4 Å². The minimum Gasteiger partial charge on any atom is -0.480 e. The largest absolute Gasteiger partial charge is 0.480 e. The molecule has 2 unspecified atom stereocenters. The van der Waals surface area contributed by atoms with E-state index in [-0.39, 0.29) is 5.92 Å². The van der Waals surface area contributed by atoms with Crippen molar-refractivity contribution in [3.63, 3.8) is 0 Å². The van der Waals surface area contributed by atoms with Gasteiger partial charge in [-0.3, -0.25) is 4.79 Å². The summed E-state index contributed by atoms with van der Waals surface area (Å²) >= 11 is 0. The smallest absolute Gasteiger partial charge is 0.326 e. The van der Waals surface area contributed by atoms with Crippen LogP contribution in [0.4, 0.5) is 0 Å². The van der Waals surface area contributed by atoms with E-state index < -0.39 is 24.0 Å². The molecule has 0 saturated carbocycles. The third kappa shape index (κ3) is 6.23. The molecule has 0 heterocycles. The Labute approximate surface area is 102 Å². The summed E-state index contributed by atoms with van der Waals surface area (Å²) in [6.07, 6.45) is 1.80. The predicted octanol–water partition coefficient (Wildman–Crippen LogP) is -0.332. The number of carboxylic acids is 1. The summed E-state index contributed by atoms with van der Waals surface area (Å²) in [6.45, 7) is 4.15. The van der Waals surface area contributed by atoms with Gasteiger partial charge < -0.3 is 21.9 Å². The number of nitrogens with one attached hydrogen (secondary N) is 1. The molecule has 0 aromatic rings. The van der Waals surface area contributed by atoms with Gasteiger partial charge in [0.25, 0.3) is 0 Å². The Morgan fingerprint density at radius 3 is 2.29 bits per heavy atom. The van der Waals surface area contributed by atoms with E-state index in [1.165, 1.54) is 0 Å². The van der Waals surface area contributed by atoms with E-state index in [1.54, 1.807) is 0 Å². The van der Waals surface area contributed by atoms with Crippen molar-refractivity contribution in [2.75, 3.05) is 6.54 Å². The van der Waals surface area contributed by atoms with Gasteiger partial charge in [0.05, 0.1) is 6.04 Å². The first-order valence-corrected chi connectivity index (χ1v) is 5.89. The van der Waals surface area contributed by atoms with Crippen molar-refractivity contribution < 1.29 is 14.7 Å². The Morgan fingerprint density at radius 1 is 1.29 bits per heavy atom. The molecule has 6 nitrogen and oxygen atoms in total. The van der Waals surface area contributed by atoms with Gasteiger partial charge in [-0.25, -0.2) is 4.79 Å². The number of carbonyl (C=O) groups excluding carboxylic acids is 1. The zero-order valence-electron chi connectivity index (χ0n) is 10.5. The van der Waals surface area contributed by atoms with E-state index in [0.29, 0.717) is 19.4 Å². The van der Waals surface area contributed by atoms with Crippen LogP contribution in [0.5, 0.6) is 0 Å². The average molecular weight is 245 g/mol. The Balaban J connectivity index is 4.25. The van der Waals surface area contributed by atoms with Crippen LogP contribution < -0.4 is 16.8 Å². The topological polar surface area (TPSA) is 118 Å². The number of unbranched alkanes of at least 4 members (excludes halogenated alkanes) is 1. The van der Waals surface area contributed by atoms with Gasteiger partial charge in [-0.15, -0.1) is 0 Å². The second-order valence-electron chi connectivity index (χ2n) is 4.45. The Bertz CT molecular complexity index is 256. The SMILES string of the molecule is CC(C)C(N)C(=O)NC(CCCCN)C(=O)O. The third-order valence-corrected chi connectivity index (χ3v) is 2.58. The molecule has 100 valence electrons. The van der Waals surface area contributed by atoms with Crippen LogP contribution in [0.1, 0.15) is 33.1 Å². The minimum absolute atomic E-state index is 0.0199. The van der Waals surface area contributed by atoms with E-state index in [2.05, 4.69) is 5.32 Å². The molecule has 0 saturated heterocycles. The molecule has 2 atom stereocenters. The second kappa shape index (κ2) is 8.03. The summed E-state index contributed by atoms with van der Waals surface area (Å²) < 4.78 is 0. The Kier molecular flexibility index (Phi) is 7.49. The first-order valence-electron chi connectivity index (χ1n) is 5.89. The maximum Gasteiger partial charge on any atom is 0.326 e. The molecule has 1 amide bonds. The summed E-state index contributed by atoms with van der Waals surface area (Å²) in [4.78, 5) is 22.5. The fraction of sp³-hybridized carbons (Fsp3) is 0.818. The highest BCUT2D eigenvalue weighted by Crippen LogP contribution is 2.03. The van der Waals surface area contributed by atoms with Crippen LogP contribution in [-0.4, -0.2) is 35.6 Å². The standard InChI is InChI=1S/C11H23N3O3/c1-7(2)9(13)10(15)14-8(11(16)17)5-3-4-6-12/h7-9H,3-6,12-13H2,1-2H3,(H,14,15)(H,16,17). The molecule has 0 aliphatic rings. The number of hydrogen-bond donors (Lipinski definition) is 4. The first kappa shape index (κ1) is 15.9. The summed E-state index contributed by atoms with van der Waals surface area (Å²) in [6, 6.07) is -1.55. The molecule has 6 heteroatoms. The number of rotatable bonds is 8. The fourth-order valence-electron chi connectivity index (χ4n) is 1.32. The molecular weight excluding hydrogens is 222 g/mol. The van der Waals surface area contributed by atoms with Crippen molar-refractivity contribution in [3.8, 4) is 0 Å². The van der Waals surface area contributed by atoms with Gasteiger partial charge >= 0.3 is 5.97 Å². The highest BCUT2D eigenvalue weighted by molar-refractivity contribution is 5.86. The van der Waals surface area contributed by atoms with E-state index in [4.69, 9.17) is 16.6 Å². The van der Waals surface area contributed by atoms with Crippen molar-refractivity contribution in [1.29, 1.82) is 0 Å². The molecule has 0 aromatic heterocycles. The van der Waals surface area contributed by atoms with Crippen LogP contribution in [0.25, 0.3) is 0 Å².